The molecule has 0 fully saturated rings. The van der Waals surface area contributed by atoms with Crippen LogP contribution in [0.3, 0.4) is 0 Å². The number of fused-ring (bicyclic) bond motifs is 1. The van der Waals surface area contributed by atoms with Gasteiger partial charge in [-0.05, 0) is 52.3 Å². The van der Waals surface area contributed by atoms with Gasteiger partial charge in [-0.15, -0.1) is 0 Å². The van der Waals surface area contributed by atoms with E-state index < -0.39 is 0 Å². The summed E-state index contributed by atoms with van der Waals surface area (Å²) in [7, 11) is 0. The first kappa shape index (κ1) is 11.0. The number of rotatable bonds is 3. The number of hydrogen-bond acceptors (Lipinski definition) is 3. The molecular weight excluding hydrogens is 228 g/mol. The monoisotopic (exact) mass is 244 g/mol. The summed E-state index contributed by atoms with van der Waals surface area (Å²) in [6, 6.07) is 11.1. The van der Waals surface area contributed by atoms with Crippen molar-refractivity contribution >= 4 is 11.3 Å². The van der Waals surface area contributed by atoms with E-state index in [0.717, 1.165) is 12.8 Å². The molecule has 0 radical (unpaired) electrons. The molecule has 3 N–H and O–H groups in total. The van der Waals surface area contributed by atoms with Crippen molar-refractivity contribution in [3.63, 3.8) is 0 Å². The minimum absolute atomic E-state index is 0.272. The first-order valence-electron chi connectivity index (χ1n) is 5.93. The molecule has 1 aromatic heterocycles. The second-order valence-electron chi connectivity index (χ2n) is 4.64. The van der Waals surface area contributed by atoms with E-state index in [0.29, 0.717) is 5.92 Å². The van der Waals surface area contributed by atoms with Gasteiger partial charge in [0.25, 0.3) is 0 Å². The van der Waals surface area contributed by atoms with Crippen molar-refractivity contribution in [2.45, 2.75) is 18.9 Å². The Morgan fingerprint density at radius 1 is 1.18 bits per heavy atom. The fraction of sp³-hybridized carbons (Fsp3) is 0.286. The fourth-order valence-electron chi connectivity index (χ4n) is 2.79. The van der Waals surface area contributed by atoms with E-state index in [9.17, 15) is 0 Å². The van der Waals surface area contributed by atoms with Gasteiger partial charge in [-0.2, -0.15) is 11.3 Å². The number of benzene rings is 1. The molecule has 88 valence electrons. The van der Waals surface area contributed by atoms with Gasteiger partial charge in [0.05, 0.1) is 6.04 Å². The lowest BCUT2D eigenvalue weighted by molar-refractivity contribution is 0.380. The Morgan fingerprint density at radius 2 is 1.88 bits per heavy atom. The van der Waals surface area contributed by atoms with E-state index in [1.165, 1.54) is 16.7 Å². The van der Waals surface area contributed by atoms with Crippen molar-refractivity contribution in [3.8, 4) is 0 Å². The normalized spacial score (nSPS) is 17.0. The van der Waals surface area contributed by atoms with Gasteiger partial charge in [-0.1, -0.05) is 24.3 Å². The highest BCUT2D eigenvalue weighted by atomic mass is 32.1. The summed E-state index contributed by atoms with van der Waals surface area (Å²) in [4.78, 5) is 0. The zero-order valence-electron chi connectivity index (χ0n) is 9.60. The molecule has 0 bridgehead atoms. The standard InChI is InChI=1S/C14H16N2S/c15-16-14(12-5-6-17-9-12)13-7-10-3-1-2-4-11(10)8-13/h1-6,9,13-14,16H,7-8,15H2. The van der Waals surface area contributed by atoms with Crippen LogP contribution < -0.4 is 11.3 Å². The van der Waals surface area contributed by atoms with Crippen LogP contribution in [-0.2, 0) is 12.8 Å². The third kappa shape index (κ3) is 2.02. The summed E-state index contributed by atoms with van der Waals surface area (Å²) in [5, 5.41) is 4.30. The van der Waals surface area contributed by atoms with E-state index in [4.69, 9.17) is 5.84 Å². The third-order valence-electron chi connectivity index (χ3n) is 3.64. The van der Waals surface area contributed by atoms with Crippen molar-refractivity contribution in [2.75, 3.05) is 0 Å². The predicted molar refractivity (Wildman–Crippen MR) is 71.7 cm³/mol. The Kier molecular flexibility index (Phi) is 2.97. The number of thiophene rings is 1. The summed E-state index contributed by atoms with van der Waals surface area (Å²) in [5.41, 5.74) is 7.26. The summed E-state index contributed by atoms with van der Waals surface area (Å²) >= 11 is 1.73. The molecule has 0 saturated heterocycles. The Hall–Kier alpha value is -1.16. The molecule has 0 spiro atoms. The van der Waals surface area contributed by atoms with Crippen LogP contribution in [0.5, 0.6) is 0 Å². The second kappa shape index (κ2) is 4.61. The van der Waals surface area contributed by atoms with E-state index in [1.54, 1.807) is 11.3 Å². The van der Waals surface area contributed by atoms with Gasteiger partial charge in [0.2, 0.25) is 0 Å². The van der Waals surface area contributed by atoms with Gasteiger partial charge in [-0.3, -0.25) is 11.3 Å². The van der Waals surface area contributed by atoms with Gasteiger partial charge in [0, 0.05) is 0 Å². The molecule has 1 atom stereocenters. The highest BCUT2D eigenvalue weighted by Crippen LogP contribution is 2.35. The zero-order valence-corrected chi connectivity index (χ0v) is 10.4. The summed E-state index contributed by atoms with van der Waals surface area (Å²) in [6.07, 6.45) is 2.25. The molecule has 17 heavy (non-hydrogen) atoms. The molecule has 1 aromatic carbocycles. The number of hydrogen-bond donors (Lipinski definition) is 2. The molecule has 2 aromatic rings. The first-order chi connectivity index (χ1) is 8.38. The van der Waals surface area contributed by atoms with Crippen molar-refractivity contribution in [1.29, 1.82) is 0 Å². The lowest BCUT2D eigenvalue weighted by Gasteiger charge is -2.21. The molecule has 3 heteroatoms. The van der Waals surface area contributed by atoms with Crippen LogP contribution in [0.25, 0.3) is 0 Å². The van der Waals surface area contributed by atoms with Crippen molar-refractivity contribution in [3.05, 3.63) is 57.8 Å². The van der Waals surface area contributed by atoms with Crippen LogP contribution in [0, 0.1) is 5.92 Å². The zero-order chi connectivity index (χ0) is 11.7. The first-order valence-corrected chi connectivity index (χ1v) is 6.88. The van der Waals surface area contributed by atoms with Crippen molar-refractivity contribution in [2.24, 2.45) is 11.8 Å². The van der Waals surface area contributed by atoms with Gasteiger partial charge in [-0.25, -0.2) is 0 Å². The van der Waals surface area contributed by atoms with Crippen molar-refractivity contribution < 1.29 is 0 Å². The largest absolute Gasteiger partial charge is 0.271 e. The van der Waals surface area contributed by atoms with E-state index in [2.05, 4.69) is 46.5 Å². The lowest BCUT2D eigenvalue weighted by atomic mass is 9.93. The fourth-order valence-corrected chi connectivity index (χ4v) is 3.48. The highest BCUT2D eigenvalue weighted by Gasteiger charge is 2.28. The average molecular weight is 244 g/mol. The van der Waals surface area contributed by atoms with E-state index >= 15 is 0 Å². The summed E-state index contributed by atoms with van der Waals surface area (Å²) in [6.45, 7) is 0. The van der Waals surface area contributed by atoms with Crippen LogP contribution in [0.2, 0.25) is 0 Å². The predicted octanol–water partition coefficient (Wildman–Crippen LogP) is 2.67. The maximum atomic E-state index is 5.73. The molecule has 2 nitrogen and oxygen atoms in total. The molecule has 1 heterocycles. The van der Waals surface area contributed by atoms with Crippen LogP contribution in [0.1, 0.15) is 22.7 Å². The van der Waals surface area contributed by atoms with Crippen LogP contribution in [-0.4, -0.2) is 0 Å². The van der Waals surface area contributed by atoms with Gasteiger partial charge >= 0.3 is 0 Å². The Bertz CT molecular complexity index is 468. The quantitative estimate of drug-likeness (QED) is 0.643. The molecular formula is C14H16N2S. The van der Waals surface area contributed by atoms with Crippen LogP contribution >= 0.6 is 11.3 Å². The molecule has 1 aliphatic rings. The minimum atomic E-state index is 0.272. The van der Waals surface area contributed by atoms with Gasteiger partial charge < -0.3 is 0 Å². The maximum Gasteiger partial charge on any atom is 0.0502 e. The highest BCUT2D eigenvalue weighted by molar-refractivity contribution is 7.07. The number of hydrazine groups is 1. The van der Waals surface area contributed by atoms with Crippen LogP contribution in [0.15, 0.2) is 41.1 Å². The van der Waals surface area contributed by atoms with Crippen molar-refractivity contribution in [1.82, 2.24) is 5.43 Å². The molecule has 0 amide bonds. The van der Waals surface area contributed by atoms with Gasteiger partial charge in [0.1, 0.15) is 0 Å². The van der Waals surface area contributed by atoms with Crippen LogP contribution in [0.4, 0.5) is 0 Å². The minimum Gasteiger partial charge on any atom is -0.271 e. The Labute approximate surface area is 105 Å². The summed E-state index contributed by atoms with van der Waals surface area (Å²) < 4.78 is 0. The number of nitrogens with one attached hydrogen (secondary N) is 1. The molecule has 1 unspecified atom stereocenters. The number of nitrogens with two attached hydrogens (primary N) is 1. The van der Waals surface area contributed by atoms with E-state index in [-0.39, 0.29) is 6.04 Å². The Morgan fingerprint density at radius 3 is 2.41 bits per heavy atom. The van der Waals surface area contributed by atoms with Gasteiger partial charge in [0.15, 0.2) is 0 Å². The topological polar surface area (TPSA) is 38.0 Å². The SMILES string of the molecule is NNC(c1ccsc1)C1Cc2ccccc2C1. The second-order valence-corrected chi connectivity index (χ2v) is 5.42. The van der Waals surface area contributed by atoms with E-state index in [1.807, 2.05) is 0 Å². The molecule has 0 saturated carbocycles. The summed E-state index contributed by atoms with van der Waals surface area (Å²) in [5.74, 6) is 6.31. The molecule has 0 aliphatic heterocycles. The lowest BCUT2D eigenvalue weighted by Crippen LogP contribution is -2.33. The smallest absolute Gasteiger partial charge is 0.0502 e. The Balaban J connectivity index is 1.83. The maximum absolute atomic E-state index is 5.73. The molecule has 3 rings (SSSR count). The molecule has 1 aliphatic carbocycles. The third-order valence-corrected chi connectivity index (χ3v) is 4.34. The average Bonchev–Trinajstić information content (AvgIpc) is 2.98.